The van der Waals surface area contributed by atoms with Crippen LogP contribution < -0.4 is 5.32 Å². The van der Waals surface area contributed by atoms with Crippen LogP contribution >= 0.6 is 0 Å². The quantitative estimate of drug-likeness (QED) is 0.686. The number of nitrogens with one attached hydrogen (secondary N) is 1. The summed E-state index contributed by atoms with van der Waals surface area (Å²) < 4.78 is 5.84. The fraction of sp³-hybridized carbons (Fsp3) is 0.667. The molecule has 1 aliphatic heterocycles. The van der Waals surface area contributed by atoms with Crippen LogP contribution in [0.25, 0.3) is 0 Å². The number of rotatable bonds is 1. The molecule has 1 unspecified atom stereocenters. The lowest BCUT2D eigenvalue weighted by atomic mass is 9.91. The van der Waals surface area contributed by atoms with E-state index in [-0.39, 0.29) is 0 Å². The number of hydrogen-bond acceptors (Lipinski definition) is 2. The molecule has 0 saturated carbocycles. The molecule has 0 aromatic carbocycles. The zero-order valence-corrected chi connectivity index (χ0v) is 8.99. The molecule has 14 heavy (non-hydrogen) atoms. The van der Waals surface area contributed by atoms with Gasteiger partial charge in [0.05, 0.1) is 12.7 Å². The first kappa shape index (κ1) is 9.94. The molecule has 0 aromatic rings. The summed E-state index contributed by atoms with van der Waals surface area (Å²) >= 11 is 0. The van der Waals surface area contributed by atoms with Crippen LogP contribution in [0.3, 0.4) is 0 Å². The van der Waals surface area contributed by atoms with Crippen molar-refractivity contribution in [3.8, 4) is 0 Å². The molecule has 78 valence electrons. The molecule has 1 N–H and O–H groups in total. The van der Waals surface area contributed by atoms with Gasteiger partial charge >= 0.3 is 0 Å². The number of ether oxygens (including phenoxy) is 1. The highest BCUT2D eigenvalue weighted by atomic mass is 16.5. The second-order valence-electron chi connectivity index (χ2n) is 4.39. The monoisotopic (exact) mass is 193 g/mol. The molecule has 2 heteroatoms. The average Bonchev–Trinajstić information content (AvgIpc) is 2.19. The van der Waals surface area contributed by atoms with Crippen molar-refractivity contribution in [2.75, 3.05) is 13.2 Å². The normalized spacial score (nSPS) is 38.1. The van der Waals surface area contributed by atoms with Crippen molar-refractivity contribution in [1.29, 1.82) is 0 Å². The van der Waals surface area contributed by atoms with Crippen molar-refractivity contribution in [3.05, 3.63) is 23.8 Å². The highest BCUT2D eigenvalue weighted by molar-refractivity contribution is 5.22. The highest BCUT2D eigenvalue weighted by Crippen LogP contribution is 2.23. The first-order valence-corrected chi connectivity index (χ1v) is 5.45. The smallest absolute Gasteiger partial charge is 0.0765 e. The van der Waals surface area contributed by atoms with Gasteiger partial charge in [-0.15, -0.1) is 0 Å². The lowest BCUT2D eigenvalue weighted by Crippen LogP contribution is -2.47. The molecule has 0 spiro atoms. The predicted octanol–water partition coefficient (Wildman–Crippen LogP) is 1.89. The van der Waals surface area contributed by atoms with Gasteiger partial charge in [0, 0.05) is 18.5 Å². The fourth-order valence-corrected chi connectivity index (χ4v) is 2.11. The van der Waals surface area contributed by atoms with E-state index in [4.69, 9.17) is 4.74 Å². The van der Waals surface area contributed by atoms with E-state index in [0.717, 1.165) is 19.6 Å². The van der Waals surface area contributed by atoms with Gasteiger partial charge in [0.2, 0.25) is 0 Å². The maximum Gasteiger partial charge on any atom is 0.0765 e. The van der Waals surface area contributed by atoms with Crippen LogP contribution in [-0.4, -0.2) is 25.3 Å². The van der Waals surface area contributed by atoms with Crippen molar-refractivity contribution in [2.45, 2.75) is 32.4 Å². The summed E-state index contributed by atoms with van der Waals surface area (Å²) in [7, 11) is 0. The van der Waals surface area contributed by atoms with E-state index in [2.05, 4.69) is 37.4 Å². The van der Waals surface area contributed by atoms with Crippen LogP contribution in [0, 0.1) is 5.92 Å². The third kappa shape index (κ3) is 2.25. The van der Waals surface area contributed by atoms with Crippen LogP contribution in [0.4, 0.5) is 0 Å². The first-order chi connectivity index (χ1) is 6.75. The molecule has 2 nitrogen and oxygen atoms in total. The van der Waals surface area contributed by atoms with Gasteiger partial charge in [0.1, 0.15) is 0 Å². The van der Waals surface area contributed by atoms with E-state index in [0.29, 0.717) is 18.1 Å². The van der Waals surface area contributed by atoms with E-state index in [1.807, 2.05) is 0 Å². The minimum atomic E-state index is 0.367. The average molecular weight is 193 g/mol. The summed E-state index contributed by atoms with van der Waals surface area (Å²) in [6, 6.07) is 0.510. The maximum atomic E-state index is 5.84. The SMILES string of the molecule is CC1=CC([C@H]2CN[C@H](C)CO2)CC=C1. The van der Waals surface area contributed by atoms with Crippen LogP contribution in [-0.2, 0) is 4.74 Å². The summed E-state index contributed by atoms with van der Waals surface area (Å²) in [4.78, 5) is 0. The van der Waals surface area contributed by atoms with Crippen LogP contribution in [0.2, 0.25) is 0 Å². The molecular weight excluding hydrogens is 174 g/mol. The van der Waals surface area contributed by atoms with Crippen LogP contribution in [0.1, 0.15) is 20.3 Å². The minimum absolute atomic E-state index is 0.367. The molecular formula is C12H19NO. The minimum Gasteiger partial charge on any atom is -0.375 e. The molecule has 0 radical (unpaired) electrons. The van der Waals surface area contributed by atoms with Gasteiger partial charge in [0.15, 0.2) is 0 Å². The van der Waals surface area contributed by atoms with Crippen LogP contribution in [0.15, 0.2) is 23.8 Å². The Bertz CT molecular complexity index is 249. The Morgan fingerprint density at radius 1 is 1.50 bits per heavy atom. The molecule has 1 aliphatic carbocycles. The van der Waals surface area contributed by atoms with Gasteiger partial charge in [-0.3, -0.25) is 0 Å². The van der Waals surface area contributed by atoms with Gasteiger partial charge in [-0.05, 0) is 20.3 Å². The van der Waals surface area contributed by atoms with Gasteiger partial charge in [-0.1, -0.05) is 23.8 Å². The van der Waals surface area contributed by atoms with E-state index < -0.39 is 0 Å². The second-order valence-corrected chi connectivity index (χ2v) is 4.39. The van der Waals surface area contributed by atoms with Gasteiger partial charge < -0.3 is 10.1 Å². The molecule has 1 saturated heterocycles. The predicted molar refractivity (Wildman–Crippen MR) is 58.2 cm³/mol. The van der Waals surface area contributed by atoms with E-state index in [1.54, 1.807) is 0 Å². The van der Waals surface area contributed by atoms with Crippen molar-refractivity contribution in [1.82, 2.24) is 5.32 Å². The topological polar surface area (TPSA) is 21.3 Å². The van der Waals surface area contributed by atoms with Crippen LogP contribution in [0.5, 0.6) is 0 Å². The molecule has 1 heterocycles. The Balaban J connectivity index is 1.93. The summed E-state index contributed by atoms with van der Waals surface area (Å²) in [6.07, 6.45) is 8.27. The zero-order valence-electron chi connectivity index (χ0n) is 8.99. The largest absolute Gasteiger partial charge is 0.375 e. The fourth-order valence-electron chi connectivity index (χ4n) is 2.11. The summed E-state index contributed by atoms with van der Waals surface area (Å²) in [6.45, 7) is 6.15. The first-order valence-electron chi connectivity index (χ1n) is 5.45. The molecule has 3 atom stereocenters. The Hall–Kier alpha value is -0.600. The molecule has 0 amide bonds. The maximum absolute atomic E-state index is 5.84. The number of morpholine rings is 1. The highest BCUT2D eigenvalue weighted by Gasteiger charge is 2.25. The standard InChI is InChI=1S/C12H19NO/c1-9-4-3-5-11(6-9)12-7-13-10(2)8-14-12/h3-4,6,10-13H,5,7-8H2,1-2H3/t10-,11?,12-/m1/s1. The van der Waals surface area contributed by atoms with Crippen molar-refractivity contribution in [2.24, 2.45) is 5.92 Å². The number of allylic oxidation sites excluding steroid dienone is 3. The van der Waals surface area contributed by atoms with Gasteiger partial charge in [-0.25, -0.2) is 0 Å². The third-order valence-corrected chi connectivity index (χ3v) is 2.97. The molecule has 0 bridgehead atoms. The van der Waals surface area contributed by atoms with Crippen molar-refractivity contribution < 1.29 is 4.74 Å². The lowest BCUT2D eigenvalue weighted by Gasteiger charge is -2.33. The lowest BCUT2D eigenvalue weighted by molar-refractivity contribution is -0.0147. The Morgan fingerprint density at radius 3 is 3.00 bits per heavy atom. The van der Waals surface area contributed by atoms with E-state index >= 15 is 0 Å². The third-order valence-electron chi connectivity index (χ3n) is 2.97. The summed E-state index contributed by atoms with van der Waals surface area (Å²) in [5, 5.41) is 3.47. The van der Waals surface area contributed by atoms with Gasteiger partial charge in [-0.2, -0.15) is 0 Å². The molecule has 1 fully saturated rings. The van der Waals surface area contributed by atoms with Crippen molar-refractivity contribution >= 4 is 0 Å². The molecule has 0 aromatic heterocycles. The molecule has 2 aliphatic rings. The van der Waals surface area contributed by atoms with E-state index in [9.17, 15) is 0 Å². The zero-order chi connectivity index (χ0) is 9.97. The Morgan fingerprint density at radius 2 is 2.36 bits per heavy atom. The van der Waals surface area contributed by atoms with Crippen molar-refractivity contribution in [3.63, 3.8) is 0 Å². The second kappa shape index (κ2) is 4.28. The summed E-state index contributed by atoms with van der Waals surface area (Å²) in [5.74, 6) is 0.569. The van der Waals surface area contributed by atoms with Gasteiger partial charge in [0.25, 0.3) is 0 Å². The number of hydrogen-bond donors (Lipinski definition) is 1. The Kier molecular flexibility index (Phi) is 3.04. The van der Waals surface area contributed by atoms with E-state index in [1.165, 1.54) is 5.57 Å². The Labute approximate surface area is 86.0 Å². The summed E-state index contributed by atoms with van der Waals surface area (Å²) in [5.41, 5.74) is 1.36. The molecule has 2 rings (SSSR count).